The maximum absolute atomic E-state index is 14.9. The van der Waals surface area contributed by atoms with Crippen molar-refractivity contribution in [2.45, 2.75) is 36.1 Å². The molecule has 0 bridgehead atoms. The second-order valence-electron chi connectivity index (χ2n) is 7.49. The molecule has 32 heavy (non-hydrogen) atoms. The molecule has 0 radical (unpaired) electrons. The largest absolute Gasteiger partial charge is 0.442 e. The second-order valence-corrected chi connectivity index (χ2v) is 9.78. The summed E-state index contributed by atoms with van der Waals surface area (Å²) in [4.78, 5) is 27.1. The molecule has 7 nitrogen and oxygen atoms in total. The second kappa shape index (κ2) is 10.2. The molecule has 0 aliphatic carbocycles. The number of nitrogens with one attached hydrogen (secondary N) is 1. The van der Waals surface area contributed by atoms with Gasteiger partial charge in [0.25, 0.3) is 9.70 Å². The normalized spacial score (nSPS) is 18.9. The molecule has 2 amide bonds. The fraction of sp³-hybridized carbons (Fsp3) is 0.476. The van der Waals surface area contributed by atoms with Crippen LogP contribution in [0.1, 0.15) is 26.2 Å². The van der Waals surface area contributed by atoms with Crippen molar-refractivity contribution < 1.29 is 18.7 Å². The van der Waals surface area contributed by atoms with Crippen molar-refractivity contribution >= 4 is 58.2 Å². The van der Waals surface area contributed by atoms with Gasteiger partial charge in [0.1, 0.15) is 11.9 Å². The highest BCUT2D eigenvalue weighted by Gasteiger charge is 2.36. The van der Waals surface area contributed by atoms with Gasteiger partial charge in [0, 0.05) is 18.7 Å². The smallest absolute Gasteiger partial charge is 0.414 e. The Labute approximate surface area is 200 Å². The van der Waals surface area contributed by atoms with E-state index < -0.39 is 27.7 Å². The summed E-state index contributed by atoms with van der Waals surface area (Å²) in [5.41, 5.74) is 2.74. The van der Waals surface area contributed by atoms with Crippen LogP contribution in [0.3, 0.4) is 0 Å². The minimum absolute atomic E-state index is 0.0401. The molecule has 2 saturated heterocycles. The molecule has 2 fully saturated rings. The first-order valence-electron chi connectivity index (χ1n) is 10.1. The van der Waals surface area contributed by atoms with E-state index in [4.69, 9.17) is 39.5 Å². The Balaban J connectivity index is 1.63. The lowest BCUT2D eigenvalue weighted by molar-refractivity contribution is -0.120. The number of carbonyl (C=O) groups excluding carboxylic acids is 2. The highest BCUT2D eigenvalue weighted by Crippen LogP contribution is 2.31. The molecule has 0 spiro atoms. The van der Waals surface area contributed by atoms with Crippen molar-refractivity contribution in [2.75, 3.05) is 36.0 Å². The molecule has 2 aliphatic rings. The van der Waals surface area contributed by atoms with Gasteiger partial charge in [0.2, 0.25) is 0 Å². The molecule has 1 N–H and O–H groups in total. The third-order valence-corrected chi connectivity index (χ3v) is 6.00. The fourth-order valence-corrected chi connectivity index (χ4v) is 3.99. The van der Waals surface area contributed by atoms with Crippen LogP contribution < -0.4 is 15.1 Å². The van der Waals surface area contributed by atoms with Gasteiger partial charge >= 0.3 is 6.09 Å². The number of hydrogen-bond donors (Lipinski definition) is 1. The van der Waals surface area contributed by atoms with Crippen LogP contribution in [0.15, 0.2) is 29.3 Å². The maximum atomic E-state index is 14.9. The SMILES string of the molecule is CCC(C#N)=C1CCN(c2ccc(N3C[C@H](CNC(=O)C(Cl)(Cl)Cl)OC3=O)cc2F)CC1. The van der Waals surface area contributed by atoms with Crippen LogP contribution >= 0.6 is 34.8 Å². The van der Waals surface area contributed by atoms with E-state index in [9.17, 15) is 19.2 Å². The molecule has 1 aromatic carbocycles. The number of anilines is 2. The van der Waals surface area contributed by atoms with Crippen molar-refractivity contribution in [3.63, 3.8) is 0 Å². The molecule has 2 heterocycles. The van der Waals surface area contributed by atoms with Crippen molar-refractivity contribution in [2.24, 2.45) is 0 Å². The summed E-state index contributed by atoms with van der Waals surface area (Å²) in [6, 6.07) is 6.83. The van der Waals surface area contributed by atoms with E-state index >= 15 is 0 Å². The first kappa shape index (κ1) is 24.4. The van der Waals surface area contributed by atoms with E-state index in [0.29, 0.717) is 30.9 Å². The monoisotopic (exact) mass is 502 g/mol. The number of rotatable bonds is 5. The molecule has 0 unspecified atom stereocenters. The van der Waals surface area contributed by atoms with Crippen molar-refractivity contribution in [3.8, 4) is 6.07 Å². The van der Waals surface area contributed by atoms with Gasteiger partial charge in [0.15, 0.2) is 0 Å². The van der Waals surface area contributed by atoms with Crippen molar-refractivity contribution in [1.29, 1.82) is 5.26 Å². The molecule has 172 valence electrons. The maximum Gasteiger partial charge on any atom is 0.414 e. The van der Waals surface area contributed by atoms with Gasteiger partial charge in [-0.1, -0.05) is 47.3 Å². The summed E-state index contributed by atoms with van der Waals surface area (Å²) in [7, 11) is 0. The number of alkyl halides is 3. The quantitative estimate of drug-likeness (QED) is 0.473. The van der Waals surface area contributed by atoms with E-state index in [-0.39, 0.29) is 13.1 Å². The number of halogens is 4. The first-order chi connectivity index (χ1) is 15.1. The average Bonchev–Trinajstić information content (AvgIpc) is 3.13. The van der Waals surface area contributed by atoms with Crippen LogP contribution in [0, 0.1) is 17.1 Å². The molecular weight excluding hydrogens is 482 g/mol. The number of hydrogen-bond acceptors (Lipinski definition) is 5. The van der Waals surface area contributed by atoms with Crippen LogP contribution in [0.4, 0.5) is 20.6 Å². The summed E-state index contributed by atoms with van der Waals surface area (Å²) < 4.78 is 18.0. The van der Waals surface area contributed by atoms with E-state index in [1.165, 1.54) is 11.0 Å². The van der Waals surface area contributed by atoms with Crippen molar-refractivity contribution in [3.05, 3.63) is 35.2 Å². The van der Waals surface area contributed by atoms with Gasteiger partial charge in [-0.2, -0.15) is 5.26 Å². The van der Waals surface area contributed by atoms with E-state index in [2.05, 4.69) is 11.4 Å². The number of carbonyl (C=O) groups is 2. The Morgan fingerprint density at radius 1 is 1.34 bits per heavy atom. The molecule has 2 aliphatic heterocycles. The van der Waals surface area contributed by atoms with Gasteiger partial charge in [-0.15, -0.1) is 0 Å². The number of piperidine rings is 1. The number of benzene rings is 1. The predicted octanol–water partition coefficient (Wildman–Crippen LogP) is 4.47. The van der Waals surface area contributed by atoms with Gasteiger partial charge in [-0.05, 0) is 37.5 Å². The lowest BCUT2D eigenvalue weighted by Gasteiger charge is -2.31. The fourth-order valence-electron chi connectivity index (χ4n) is 3.79. The Hall–Kier alpha value is -2.21. The Morgan fingerprint density at radius 2 is 2.03 bits per heavy atom. The molecule has 0 aromatic heterocycles. The van der Waals surface area contributed by atoms with E-state index in [0.717, 1.165) is 24.0 Å². The van der Waals surface area contributed by atoms with Gasteiger partial charge in [0.05, 0.1) is 30.5 Å². The first-order valence-corrected chi connectivity index (χ1v) is 11.3. The van der Waals surface area contributed by atoms with Gasteiger partial charge in [-0.3, -0.25) is 9.69 Å². The predicted molar refractivity (Wildman–Crippen MR) is 122 cm³/mol. The van der Waals surface area contributed by atoms with E-state index in [1.54, 1.807) is 12.1 Å². The minimum Gasteiger partial charge on any atom is -0.442 e. The molecule has 11 heteroatoms. The van der Waals surface area contributed by atoms with Crippen LogP contribution in [0.5, 0.6) is 0 Å². The van der Waals surface area contributed by atoms with Crippen LogP contribution in [-0.4, -0.2) is 48.1 Å². The Bertz CT molecular complexity index is 964. The number of cyclic esters (lactones) is 1. The number of ether oxygens (including phenoxy) is 1. The van der Waals surface area contributed by atoms with Crippen molar-refractivity contribution in [1.82, 2.24) is 5.32 Å². The topological polar surface area (TPSA) is 85.7 Å². The summed E-state index contributed by atoms with van der Waals surface area (Å²) in [5.74, 6) is -1.28. The highest BCUT2D eigenvalue weighted by atomic mass is 35.6. The third kappa shape index (κ3) is 5.58. The van der Waals surface area contributed by atoms with E-state index in [1.807, 2.05) is 11.8 Å². The molecule has 0 saturated carbocycles. The summed E-state index contributed by atoms with van der Waals surface area (Å²) in [6.07, 6.45) is 0.828. The molecular formula is C21H22Cl3FN4O3. The highest BCUT2D eigenvalue weighted by molar-refractivity contribution is 6.76. The molecule has 1 atom stereocenters. The minimum atomic E-state index is -2.11. The summed E-state index contributed by atoms with van der Waals surface area (Å²) in [5, 5.41) is 11.6. The van der Waals surface area contributed by atoms with Crippen LogP contribution in [-0.2, 0) is 9.53 Å². The lowest BCUT2D eigenvalue weighted by atomic mass is 9.96. The third-order valence-electron chi connectivity index (χ3n) is 5.49. The van der Waals surface area contributed by atoms with Gasteiger partial charge in [-0.25, -0.2) is 9.18 Å². The van der Waals surface area contributed by atoms with Crippen LogP contribution in [0.2, 0.25) is 0 Å². The lowest BCUT2D eigenvalue weighted by Crippen LogP contribution is -2.40. The number of nitrogens with zero attached hydrogens (tertiary/aromatic N) is 3. The zero-order valence-corrected chi connectivity index (χ0v) is 19.6. The van der Waals surface area contributed by atoms with Gasteiger partial charge < -0.3 is 15.0 Å². The zero-order chi connectivity index (χ0) is 23.5. The molecule has 1 aromatic rings. The zero-order valence-electron chi connectivity index (χ0n) is 17.3. The number of amides is 2. The number of nitriles is 1. The average molecular weight is 504 g/mol. The summed E-state index contributed by atoms with van der Waals surface area (Å²) in [6.45, 7) is 3.27. The standard InChI is InChI=1S/C21H22Cl3FN4O3/c1-2-13(10-26)14-5-7-28(8-6-14)18-4-3-15(9-17(18)25)29-12-16(32-20(29)31)11-27-19(30)21(22,23)24/h3-4,9,16H,2,5-8,11-12H2,1H3,(H,27,30)/t16-/m0/s1. The number of allylic oxidation sites excluding steroid dienone is 1. The Morgan fingerprint density at radius 3 is 2.59 bits per heavy atom. The summed E-state index contributed by atoms with van der Waals surface area (Å²) >= 11 is 16.5. The molecule has 3 rings (SSSR count). The van der Waals surface area contributed by atoms with Crippen LogP contribution in [0.25, 0.3) is 0 Å². The Kier molecular flexibility index (Phi) is 7.75.